The number of carbonyl (C=O) groups is 2. The minimum atomic E-state index is -1.06. The van der Waals surface area contributed by atoms with Gasteiger partial charge < -0.3 is 15.0 Å². The van der Waals surface area contributed by atoms with Crippen molar-refractivity contribution in [2.45, 2.75) is 19.4 Å². The Morgan fingerprint density at radius 1 is 1.59 bits per heavy atom. The van der Waals surface area contributed by atoms with E-state index in [2.05, 4.69) is 16.9 Å². The van der Waals surface area contributed by atoms with Crippen LogP contribution in [0.2, 0.25) is 0 Å². The van der Waals surface area contributed by atoms with Gasteiger partial charge in [0.15, 0.2) is 5.69 Å². The van der Waals surface area contributed by atoms with Crippen molar-refractivity contribution >= 4 is 11.9 Å². The predicted molar refractivity (Wildman–Crippen MR) is 61.6 cm³/mol. The van der Waals surface area contributed by atoms with E-state index in [1.807, 2.05) is 0 Å². The second-order valence-electron chi connectivity index (χ2n) is 3.48. The number of hydrogen-bond acceptors (Lipinski definition) is 3. The second-order valence-corrected chi connectivity index (χ2v) is 3.48. The van der Waals surface area contributed by atoms with E-state index in [-0.39, 0.29) is 11.6 Å². The molecule has 0 aromatic carbocycles. The first-order chi connectivity index (χ1) is 8.13. The lowest BCUT2D eigenvalue weighted by atomic mass is 10.3. The summed E-state index contributed by atoms with van der Waals surface area (Å²) in [4.78, 5) is 25.5. The highest BCUT2D eigenvalue weighted by molar-refractivity contribution is 5.84. The summed E-state index contributed by atoms with van der Waals surface area (Å²) in [6.45, 7) is 4.48. The summed E-state index contributed by atoms with van der Waals surface area (Å²) in [6.07, 6.45) is 5.63. The van der Waals surface area contributed by atoms with Crippen LogP contribution in [0.4, 0.5) is 0 Å². The number of carbonyl (C=O) groups excluding carboxylic acids is 1. The van der Waals surface area contributed by atoms with Crippen LogP contribution in [0.3, 0.4) is 0 Å². The number of aromatic carboxylic acids is 1. The van der Waals surface area contributed by atoms with Crippen molar-refractivity contribution in [2.75, 3.05) is 6.54 Å². The van der Waals surface area contributed by atoms with Gasteiger partial charge in [-0.3, -0.25) is 4.79 Å². The van der Waals surface area contributed by atoms with Crippen LogP contribution in [0.15, 0.2) is 25.2 Å². The van der Waals surface area contributed by atoms with Gasteiger partial charge in [-0.25, -0.2) is 9.78 Å². The zero-order valence-corrected chi connectivity index (χ0v) is 9.43. The van der Waals surface area contributed by atoms with E-state index in [9.17, 15) is 9.59 Å². The number of carboxylic acid groups (broad SMARTS) is 1. The molecule has 0 aliphatic carbocycles. The van der Waals surface area contributed by atoms with Gasteiger partial charge in [-0.05, 0) is 6.42 Å². The molecule has 0 bridgehead atoms. The van der Waals surface area contributed by atoms with Gasteiger partial charge in [0.1, 0.15) is 0 Å². The van der Waals surface area contributed by atoms with Crippen LogP contribution in [0.5, 0.6) is 0 Å². The Morgan fingerprint density at radius 3 is 2.94 bits per heavy atom. The lowest BCUT2D eigenvalue weighted by molar-refractivity contribution is -0.121. The van der Waals surface area contributed by atoms with Crippen molar-refractivity contribution in [2.24, 2.45) is 0 Å². The predicted octanol–water partition coefficient (Wildman–Crippen LogP) is 0.664. The molecule has 0 unspecified atom stereocenters. The maximum atomic E-state index is 11.2. The van der Waals surface area contributed by atoms with Crippen molar-refractivity contribution in [3.05, 3.63) is 30.9 Å². The van der Waals surface area contributed by atoms with Gasteiger partial charge in [0.2, 0.25) is 5.91 Å². The zero-order chi connectivity index (χ0) is 12.7. The number of allylic oxidation sites excluding steroid dienone is 1. The third-order valence-electron chi connectivity index (χ3n) is 2.12. The van der Waals surface area contributed by atoms with Crippen LogP contribution in [0.25, 0.3) is 0 Å². The van der Waals surface area contributed by atoms with E-state index in [1.54, 1.807) is 10.6 Å². The van der Waals surface area contributed by atoms with E-state index in [0.717, 1.165) is 0 Å². The highest BCUT2D eigenvalue weighted by Crippen LogP contribution is 1.95. The fourth-order valence-electron chi connectivity index (χ4n) is 1.24. The minimum Gasteiger partial charge on any atom is -0.476 e. The number of amides is 1. The van der Waals surface area contributed by atoms with Crippen LogP contribution in [-0.4, -0.2) is 33.1 Å². The van der Waals surface area contributed by atoms with Crippen LogP contribution < -0.4 is 5.32 Å². The molecule has 0 spiro atoms. The van der Waals surface area contributed by atoms with Crippen LogP contribution in [-0.2, 0) is 11.3 Å². The smallest absolute Gasteiger partial charge is 0.356 e. The maximum absolute atomic E-state index is 11.2. The molecule has 0 aliphatic rings. The average Bonchev–Trinajstić information content (AvgIpc) is 2.75. The van der Waals surface area contributed by atoms with Gasteiger partial charge in [-0.15, -0.1) is 6.58 Å². The van der Waals surface area contributed by atoms with Crippen molar-refractivity contribution in [1.29, 1.82) is 0 Å². The van der Waals surface area contributed by atoms with Crippen molar-refractivity contribution in [3.8, 4) is 0 Å². The quantitative estimate of drug-likeness (QED) is 0.682. The largest absolute Gasteiger partial charge is 0.476 e. The number of aromatic nitrogens is 2. The molecular weight excluding hydrogens is 222 g/mol. The molecule has 2 N–H and O–H groups in total. The van der Waals surface area contributed by atoms with Crippen LogP contribution >= 0.6 is 0 Å². The van der Waals surface area contributed by atoms with Gasteiger partial charge in [0.25, 0.3) is 0 Å². The Kier molecular flexibility index (Phi) is 4.93. The summed E-state index contributed by atoms with van der Waals surface area (Å²) in [5.74, 6) is -1.10. The fourth-order valence-corrected chi connectivity index (χ4v) is 1.24. The fraction of sp³-hybridized carbons (Fsp3) is 0.364. The Morgan fingerprint density at radius 2 is 2.35 bits per heavy atom. The van der Waals surface area contributed by atoms with Gasteiger partial charge >= 0.3 is 5.97 Å². The molecule has 1 aromatic rings. The monoisotopic (exact) mass is 237 g/mol. The van der Waals surface area contributed by atoms with E-state index in [4.69, 9.17) is 5.11 Å². The molecule has 1 rings (SSSR count). The molecule has 0 fully saturated rings. The van der Waals surface area contributed by atoms with Gasteiger partial charge in [-0.2, -0.15) is 0 Å². The molecule has 17 heavy (non-hydrogen) atoms. The molecule has 0 atom stereocenters. The highest BCUT2D eigenvalue weighted by atomic mass is 16.4. The molecule has 1 amide bonds. The third kappa shape index (κ3) is 4.50. The standard InChI is InChI=1S/C11H15N3O3/c1-2-3-4-10(15)12-5-6-14-7-9(11(16)17)13-8-14/h2,7-8H,1,3-6H2,(H,12,15)(H,16,17). The van der Waals surface area contributed by atoms with Gasteiger partial charge in [-0.1, -0.05) is 6.08 Å². The number of rotatable bonds is 7. The van der Waals surface area contributed by atoms with Crippen molar-refractivity contribution < 1.29 is 14.7 Å². The van der Waals surface area contributed by atoms with Gasteiger partial charge in [0, 0.05) is 25.7 Å². The number of imidazole rings is 1. The number of hydrogen-bond donors (Lipinski definition) is 2. The highest BCUT2D eigenvalue weighted by Gasteiger charge is 2.06. The lowest BCUT2D eigenvalue weighted by Crippen LogP contribution is -2.26. The maximum Gasteiger partial charge on any atom is 0.356 e. The SMILES string of the molecule is C=CCCC(=O)NCCn1cnc(C(=O)O)c1. The van der Waals surface area contributed by atoms with Crippen LogP contribution in [0, 0.1) is 0 Å². The summed E-state index contributed by atoms with van der Waals surface area (Å²) in [7, 11) is 0. The Bertz CT molecular complexity index is 412. The Balaban J connectivity index is 2.28. The summed E-state index contributed by atoms with van der Waals surface area (Å²) in [6, 6.07) is 0. The topological polar surface area (TPSA) is 84.2 Å². The lowest BCUT2D eigenvalue weighted by Gasteiger charge is -2.04. The average molecular weight is 237 g/mol. The summed E-state index contributed by atoms with van der Waals surface area (Å²) >= 11 is 0. The number of carboxylic acids is 1. The molecular formula is C11H15N3O3. The number of nitrogens with one attached hydrogen (secondary N) is 1. The molecule has 1 heterocycles. The first-order valence-corrected chi connectivity index (χ1v) is 5.26. The van der Waals surface area contributed by atoms with E-state index < -0.39 is 5.97 Å². The number of nitrogens with zero attached hydrogens (tertiary/aromatic N) is 2. The molecule has 0 saturated heterocycles. The second kappa shape index (κ2) is 6.47. The van der Waals surface area contributed by atoms with Crippen LogP contribution in [0.1, 0.15) is 23.3 Å². The first-order valence-electron chi connectivity index (χ1n) is 5.26. The van der Waals surface area contributed by atoms with Gasteiger partial charge in [0.05, 0.1) is 6.33 Å². The normalized spacial score (nSPS) is 9.88. The molecule has 0 radical (unpaired) electrons. The third-order valence-corrected chi connectivity index (χ3v) is 2.12. The molecule has 6 nitrogen and oxygen atoms in total. The Hall–Kier alpha value is -2.11. The molecule has 0 saturated carbocycles. The molecule has 6 heteroatoms. The molecule has 0 aliphatic heterocycles. The summed E-state index contributed by atoms with van der Waals surface area (Å²) in [5, 5.41) is 11.4. The first kappa shape index (κ1) is 13.0. The van der Waals surface area contributed by atoms with Crippen molar-refractivity contribution in [1.82, 2.24) is 14.9 Å². The molecule has 92 valence electrons. The Labute approximate surface area is 99.0 Å². The van der Waals surface area contributed by atoms with Crippen molar-refractivity contribution in [3.63, 3.8) is 0 Å². The minimum absolute atomic E-state index is 0.00276. The summed E-state index contributed by atoms with van der Waals surface area (Å²) in [5.41, 5.74) is 0.00276. The molecule has 1 aromatic heterocycles. The summed E-state index contributed by atoms with van der Waals surface area (Å²) < 4.78 is 1.62. The van der Waals surface area contributed by atoms with E-state index in [1.165, 1.54) is 12.5 Å². The van der Waals surface area contributed by atoms with E-state index >= 15 is 0 Å². The van der Waals surface area contributed by atoms with E-state index in [0.29, 0.717) is 25.9 Å². The zero-order valence-electron chi connectivity index (χ0n) is 9.43.